The van der Waals surface area contributed by atoms with E-state index >= 15 is 0 Å². The lowest BCUT2D eigenvalue weighted by Gasteiger charge is -2.11. The number of nitrogens with one attached hydrogen (secondary N) is 1. The third kappa shape index (κ3) is 2.94. The maximum absolute atomic E-state index is 14.4. The minimum absolute atomic E-state index is 0.0556. The zero-order valence-corrected chi connectivity index (χ0v) is 13.8. The van der Waals surface area contributed by atoms with E-state index in [0.29, 0.717) is 0 Å². The van der Waals surface area contributed by atoms with Crippen LogP contribution in [0.3, 0.4) is 0 Å². The van der Waals surface area contributed by atoms with Crippen LogP contribution < -0.4 is 11.3 Å². The Hall–Kier alpha value is -2.57. The fraction of sp³-hybridized carbons (Fsp3) is 0.111. The Balaban J connectivity index is 2.26. The lowest BCUT2D eigenvalue weighted by atomic mass is 9.95. The highest BCUT2D eigenvalue weighted by molar-refractivity contribution is 6.37. The molecular weight excluding hydrogens is 350 g/mol. The first-order valence-corrected chi connectivity index (χ1v) is 7.78. The topological polar surface area (TPSA) is 76.0 Å². The number of halogens is 3. The van der Waals surface area contributed by atoms with Crippen LogP contribution in [-0.2, 0) is 0 Å². The average molecular weight is 363 g/mol. The SMILES string of the molecule is C[C@H](N)c1cc(F)c(C(=O)c2cccc3c(=O)[nH]cc(Cl)c23)c(F)c1. The van der Waals surface area contributed by atoms with E-state index in [4.69, 9.17) is 17.3 Å². The van der Waals surface area contributed by atoms with Gasteiger partial charge in [-0.1, -0.05) is 23.7 Å². The van der Waals surface area contributed by atoms with Crippen molar-refractivity contribution in [2.75, 3.05) is 0 Å². The number of hydrogen-bond donors (Lipinski definition) is 2. The van der Waals surface area contributed by atoms with E-state index in [1.807, 2.05) is 0 Å². The summed E-state index contributed by atoms with van der Waals surface area (Å²) < 4.78 is 28.7. The lowest BCUT2D eigenvalue weighted by molar-refractivity contribution is 0.103. The maximum atomic E-state index is 14.4. The van der Waals surface area contributed by atoms with Crippen molar-refractivity contribution in [3.8, 4) is 0 Å². The number of aromatic amines is 1. The molecule has 0 fully saturated rings. The van der Waals surface area contributed by atoms with Crippen LogP contribution in [0, 0.1) is 11.6 Å². The Morgan fingerprint density at radius 2 is 1.88 bits per heavy atom. The van der Waals surface area contributed by atoms with E-state index in [1.54, 1.807) is 6.92 Å². The molecule has 0 aliphatic rings. The Bertz CT molecular complexity index is 1040. The van der Waals surface area contributed by atoms with Crippen LogP contribution >= 0.6 is 11.6 Å². The lowest BCUT2D eigenvalue weighted by Crippen LogP contribution is -2.13. The number of carbonyl (C=O) groups excluding carboxylic acids is 1. The van der Waals surface area contributed by atoms with E-state index in [-0.39, 0.29) is 26.9 Å². The molecule has 4 nitrogen and oxygen atoms in total. The van der Waals surface area contributed by atoms with Gasteiger partial charge in [-0.25, -0.2) is 8.78 Å². The molecule has 1 heterocycles. The molecule has 7 heteroatoms. The second-order valence-electron chi connectivity index (χ2n) is 5.67. The highest BCUT2D eigenvalue weighted by Gasteiger charge is 2.23. The molecule has 1 aromatic heterocycles. The molecule has 0 amide bonds. The van der Waals surface area contributed by atoms with Crippen LogP contribution in [0.1, 0.15) is 34.5 Å². The van der Waals surface area contributed by atoms with Gasteiger partial charge in [-0.05, 0) is 30.7 Å². The van der Waals surface area contributed by atoms with Crippen LogP contribution in [-0.4, -0.2) is 10.8 Å². The highest BCUT2D eigenvalue weighted by atomic mass is 35.5. The number of rotatable bonds is 3. The van der Waals surface area contributed by atoms with Gasteiger partial charge in [0.05, 0.1) is 10.6 Å². The Labute approximate surface area is 146 Å². The largest absolute Gasteiger partial charge is 0.327 e. The molecule has 0 aliphatic carbocycles. The molecule has 0 aliphatic heterocycles. The van der Waals surface area contributed by atoms with E-state index < -0.39 is 34.6 Å². The van der Waals surface area contributed by atoms with Crippen molar-refractivity contribution in [1.82, 2.24) is 4.98 Å². The molecule has 3 N–H and O–H groups in total. The van der Waals surface area contributed by atoms with E-state index in [0.717, 1.165) is 12.1 Å². The molecule has 0 bridgehead atoms. The number of fused-ring (bicyclic) bond motifs is 1. The molecule has 25 heavy (non-hydrogen) atoms. The number of hydrogen-bond acceptors (Lipinski definition) is 3. The molecule has 0 spiro atoms. The minimum Gasteiger partial charge on any atom is -0.327 e. The summed E-state index contributed by atoms with van der Waals surface area (Å²) in [7, 11) is 0. The van der Waals surface area contributed by atoms with Gasteiger partial charge in [-0.15, -0.1) is 0 Å². The highest BCUT2D eigenvalue weighted by Crippen LogP contribution is 2.28. The van der Waals surface area contributed by atoms with Crippen molar-refractivity contribution in [3.63, 3.8) is 0 Å². The molecule has 0 unspecified atom stereocenters. The van der Waals surface area contributed by atoms with Crippen LogP contribution in [0.4, 0.5) is 8.78 Å². The van der Waals surface area contributed by atoms with Gasteiger partial charge in [0.2, 0.25) is 0 Å². The number of carbonyl (C=O) groups is 1. The van der Waals surface area contributed by atoms with E-state index in [1.165, 1.54) is 24.4 Å². The third-order valence-electron chi connectivity index (χ3n) is 3.94. The number of nitrogens with two attached hydrogens (primary N) is 1. The summed E-state index contributed by atoms with van der Waals surface area (Å²) in [4.78, 5) is 27.1. The molecule has 1 atom stereocenters. The van der Waals surface area contributed by atoms with Gasteiger partial charge in [0.1, 0.15) is 11.6 Å². The van der Waals surface area contributed by atoms with Gasteiger partial charge in [0, 0.05) is 28.6 Å². The molecule has 128 valence electrons. The second-order valence-corrected chi connectivity index (χ2v) is 6.08. The number of ketones is 1. The molecule has 0 radical (unpaired) electrons. The van der Waals surface area contributed by atoms with Crippen molar-refractivity contribution in [2.24, 2.45) is 5.73 Å². The molecule has 0 saturated carbocycles. The van der Waals surface area contributed by atoms with Gasteiger partial charge < -0.3 is 10.7 Å². The van der Waals surface area contributed by atoms with Gasteiger partial charge in [-0.3, -0.25) is 9.59 Å². The number of H-pyrrole nitrogens is 1. The summed E-state index contributed by atoms with van der Waals surface area (Å²) in [6, 6.07) is 5.77. The van der Waals surface area contributed by atoms with Gasteiger partial charge >= 0.3 is 0 Å². The first-order valence-electron chi connectivity index (χ1n) is 7.40. The summed E-state index contributed by atoms with van der Waals surface area (Å²) in [6.07, 6.45) is 1.23. The smallest absolute Gasteiger partial charge is 0.255 e. The molecule has 0 saturated heterocycles. The van der Waals surface area contributed by atoms with Crippen molar-refractivity contribution >= 4 is 28.2 Å². The first kappa shape index (κ1) is 17.3. The predicted octanol–water partition coefficient (Wildman–Crippen LogP) is 3.71. The predicted molar refractivity (Wildman–Crippen MR) is 92.0 cm³/mol. The van der Waals surface area contributed by atoms with Crippen molar-refractivity contribution in [2.45, 2.75) is 13.0 Å². The van der Waals surface area contributed by atoms with Crippen molar-refractivity contribution in [1.29, 1.82) is 0 Å². The zero-order valence-electron chi connectivity index (χ0n) is 13.1. The fourth-order valence-corrected chi connectivity index (χ4v) is 2.93. The summed E-state index contributed by atoms with van der Waals surface area (Å²) in [6.45, 7) is 1.58. The Morgan fingerprint density at radius 1 is 1.24 bits per heavy atom. The second kappa shape index (κ2) is 6.38. The monoisotopic (exact) mass is 362 g/mol. The standard InChI is InChI=1S/C18H13ClF2N2O2/c1-8(22)9-5-13(20)16(14(21)6-9)17(24)10-3-2-4-11-15(10)12(19)7-23-18(11)25/h2-8H,22H2,1H3,(H,23,25)/t8-/m0/s1. The Kier molecular flexibility index (Phi) is 4.41. The van der Waals surface area contributed by atoms with Crippen molar-refractivity contribution < 1.29 is 13.6 Å². The van der Waals surface area contributed by atoms with Crippen LogP contribution in [0.15, 0.2) is 41.3 Å². The first-order chi connectivity index (χ1) is 11.8. The van der Waals surface area contributed by atoms with Crippen molar-refractivity contribution in [3.05, 3.63) is 80.2 Å². The summed E-state index contributed by atoms with van der Waals surface area (Å²) in [5.41, 5.74) is 4.63. The molecule has 3 aromatic rings. The third-order valence-corrected chi connectivity index (χ3v) is 4.24. The minimum atomic E-state index is -1.02. The average Bonchev–Trinajstić information content (AvgIpc) is 2.57. The summed E-state index contributed by atoms with van der Waals surface area (Å²) in [5.74, 6) is -2.94. The molecule has 3 rings (SSSR count). The normalized spacial score (nSPS) is 12.4. The fourth-order valence-electron chi connectivity index (χ4n) is 2.67. The van der Waals surface area contributed by atoms with E-state index in [2.05, 4.69) is 4.98 Å². The summed E-state index contributed by atoms with van der Waals surface area (Å²) in [5, 5.41) is 0.408. The van der Waals surface area contributed by atoms with Gasteiger partial charge in [-0.2, -0.15) is 0 Å². The molecular formula is C18H13ClF2N2O2. The maximum Gasteiger partial charge on any atom is 0.255 e. The Morgan fingerprint density at radius 3 is 2.48 bits per heavy atom. The van der Waals surface area contributed by atoms with E-state index in [9.17, 15) is 18.4 Å². The number of pyridine rings is 1. The molecule has 2 aromatic carbocycles. The van der Waals surface area contributed by atoms with Crippen LogP contribution in [0.2, 0.25) is 5.02 Å². The van der Waals surface area contributed by atoms with Gasteiger partial charge in [0.15, 0.2) is 5.78 Å². The zero-order chi connectivity index (χ0) is 18.3. The number of aromatic nitrogens is 1. The van der Waals surface area contributed by atoms with Gasteiger partial charge in [0.25, 0.3) is 5.56 Å². The number of benzene rings is 2. The summed E-state index contributed by atoms with van der Waals surface area (Å²) >= 11 is 6.09. The van der Waals surface area contributed by atoms with Crippen LogP contribution in [0.25, 0.3) is 10.8 Å². The van der Waals surface area contributed by atoms with Crippen LogP contribution in [0.5, 0.6) is 0 Å². The quantitative estimate of drug-likeness (QED) is 0.697.